The molecule has 8 atom stereocenters. The number of likely N-dealkylation sites (N-methyl/N-ethyl adjacent to an activating group) is 1. The third kappa shape index (κ3) is 14.8. The second kappa shape index (κ2) is 28.0. The van der Waals surface area contributed by atoms with E-state index in [1.165, 1.54) is 30.3 Å². The van der Waals surface area contributed by atoms with Crippen LogP contribution in [0.4, 0.5) is 0 Å². The Hall–Kier alpha value is -7.96. The van der Waals surface area contributed by atoms with Crippen molar-refractivity contribution in [3.05, 3.63) is 142 Å². The van der Waals surface area contributed by atoms with E-state index in [0.717, 1.165) is 5.56 Å². The molecule has 1 unspecified atom stereocenters. The number of unbranched alkanes of at least 4 members (excludes halogenated alkanes) is 1. The lowest BCUT2D eigenvalue weighted by atomic mass is 9.77. The molecule has 1 spiro atoms. The maximum absolute atomic E-state index is 13.8. The standard InChI is InChI=1S/C59H73N11O16/c1-70(2,3)47(56(79)62-29-37(35-9-5-4-6-10-35)34-83-58-53(76)52(75)51(74)50(33-71)85-58)11-7-8-19-68-31-38(64-66-68)26-46(60)55(78)61-18-21-81-23-24-82-22-20-69-32-39(65-67-69)30-63-54(77)36-12-15-43-42(25-36)57(80)86-59(43)44-16-13-40(72)27-48(44)84-49-28-41(73)14-17-45(49)59/h4-6,9-10,12-17,25,27-28,31-32,37,46-47,50-53,58,71,74-76H,7-8,11,18-24,26,29-30,33-34,60H2,1-3H3,(H4-,61,62,63,72,73,77,78,79)/p+1/t37?,46-,47-,50+,51+,52-,53+,58+/m0/s1. The average molecular weight is 1190 g/mol. The molecule has 0 aliphatic carbocycles. The van der Waals surface area contributed by atoms with Crippen molar-refractivity contribution in [2.75, 3.05) is 73.9 Å². The molecule has 6 aromatic rings. The summed E-state index contributed by atoms with van der Waals surface area (Å²) >= 11 is 0. The van der Waals surface area contributed by atoms with Gasteiger partial charge in [-0.2, -0.15) is 0 Å². The van der Waals surface area contributed by atoms with Crippen molar-refractivity contribution < 1.29 is 82.7 Å². The SMILES string of the molecule is C[N+](C)(C)[C@@H](CCCCn1cc(C[C@H](N)C(=O)NCCOCCOCCn2cc(CNC(=O)c3ccc4c(c3)C(=O)OC43c4ccc(O)cc4Oc4cc(O)ccc43)nn2)nn1)C(=O)NCC(CO[C@@H]1O[C@H](CO)[C@@H](O)[C@H](O)[C@H]1O)c1ccccc1. The summed E-state index contributed by atoms with van der Waals surface area (Å²) in [5, 5.41) is 86.3. The summed E-state index contributed by atoms with van der Waals surface area (Å²) in [6.07, 6.45) is -1.46. The Bertz CT molecular complexity index is 3250. The van der Waals surface area contributed by atoms with Crippen LogP contribution >= 0.6 is 0 Å². The highest BCUT2D eigenvalue weighted by molar-refractivity contribution is 6.01. The first kappa shape index (κ1) is 62.6. The van der Waals surface area contributed by atoms with Crippen LogP contribution in [-0.2, 0) is 64.9 Å². The van der Waals surface area contributed by atoms with Crippen molar-refractivity contribution in [2.45, 2.75) is 99.6 Å². The molecule has 0 radical (unpaired) electrons. The highest BCUT2D eigenvalue weighted by Crippen LogP contribution is 2.57. The molecular formula is C59H74N11O16+. The largest absolute Gasteiger partial charge is 0.508 e. The summed E-state index contributed by atoms with van der Waals surface area (Å²) in [5.74, 6) is -1.62. The molecule has 27 heteroatoms. The number of aryl methyl sites for hydroxylation is 1. The van der Waals surface area contributed by atoms with Crippen LogP contribution < -0.4 is 26.4 Å². The van der Waals surface area contributed by atoms with Crippen LogP contribution in [0.5, 0.6) is 23.0 Å². The van der Waals surface area contributed by atoms with Crippen LogP contribution in [0.1, 0.15) is 79.5 Å². The van der Waals surface area contributed by atoms with Gasteiger partial charge in [0.1, 0.15) is 53.1 Å². The molecular weight excluding hydrogens is 1120 g/mol. The fraction of sp³-hybridized carbons (Fsp3) is 0.458. The number of nitrogens with two attached hydrogens (primary N) is 1. The number of benzene rings is 4. The molecule has 1 saturated heterocycles. The zero-order valence-electron chi connectivity index (χ0n) is 47.9. The lowest BCUT2D eigenvalue weighted by Crippen LogP contribution is -2.59. The van der Waals surface area contributed by atoms with Crippen LogP contribution in [0.3, 0.4) is 0 Å². The predicted octanol–water partition coefficient (Wildman–Crippen LogP) is 0.460. The quantitative estimate of drug-likeness (QED) is 0.0173. The number of carbonyl (C=O) groups is 4. The van der Waals surface area contributed by atoms with Gasteiger partial charge >= 0.3 is 5.97 Å². The number of aliphatic hydroxyl groups is 4. The third-order valence-electron chi connectivity index (χ3n) is 15.2. The van der Waals surface area contributed by atoms with Crippen molar-refractivity contribution in [2.24, 2.45) is 5.73 Å². The molecule has 460 valence electrons. The Morgan fingerprint density at radius 2 is 1.42 bits per heavy atom. The van der Waals surface area contributed by atoms with E-state index in [0.29, 0.717) is 71.5 Å². The zero-order chi connectivity index (χ0) is 61.1. The zero-order valence-corrected chi connectivity index (χ0v) is 47.9. The minimum atomic E-state index is -1.58. The van der Waals surface area contributed by atoms with Gasteiger partial charge in [-0.15, -0.1) is 10.2 Å². The average Bonchev–Trinajstić information content (AvgIpc) is 1.45. The van der Waals surface area contributed by atoms with Gasteiger partial charge in [-0.3, -0.25) is 19.1 Å². The van der Waals surface area contributed by atoms with E-state index in [2.05, 4.69) is 36.6 Å². The van der Waals surface area contributed by atoms with Gasteiger partial charge in [0.25, 0.3) is 11.8 Å². The van der Waals surface area contributed by atoms with E-state index < -0.39 is 66.9 Å². The number of aromatic nitrogens is 6. The van der Waals surface area contributed by atoms with E-state index in [-0.39, 0.29) is 104 Å². The van der Waals surface area contributed by atoms with Crippen molar-refractivity contribution >= 4 is 23.7 Å². The number of phenolic OH excluding ortho intramolecular Hbond substituents is 2. The fourth-order valence-corrected chi connectivity index (χ4v) is 10.6. The molecule has 11 N–H and O–H groups in total. The van der Waals surface area contributed by atoms with E-state index >= 15 is 0 Å². The van der Waals surface area contributed by atoms with Crippen molar-refractivity contribution in [3.63, 3.8) is 0 Å². The summed E-state index contributed by atoms with van der Waals surface area (Å²) in [6.45, 7) is 1.93. The van der Waals surface area contributed by atoms with Gasteiger partial charge in [0.05, 0.1) is 97.4 Å². The van der Waals surface area contributed by atoms with Crippen molar-refractivity contribution in [1.29, 1.82) is 0 Å². The highest BCUT2D eigenvalue weighted by atomic mass is 16.7. The number of nitrogens with zero attached hydrogens (tertiary/aromatic N) is 7. The maximum Gasteiger partial charge on any atom is 0.340 e. The second-order valence-electron chi connectivity index (χ2n) is 22.3. The van der Waals surface area contributed by atoms with E-state index in [9.17, 15) is 49.8 Å². The number of fused-ring (bicyclic) bond motifs is 6. The van der Waals surface area contributed by atoms with Gasteiger partial charge in [-0.1, -0.05) is 46.8 Å². The Balaban J connectivity index is 0.628. The molecule has 27 nitrogen and oxygen atoms in total. The number of ether oxygens (including phenoxy) is 6. The highest BCUT2D eigenvalue weighted by Gasteiger charge is 2.54. The van der Waals surface area contributed by atoms with Crippen LogP contribution in [0.15, 0.2) is 97.3 Å². The molecule has 3 amide bonds. The number of phenols is 2. The number of aliphatic hydroxyl groups excluding tert-OH is 4. The molecule has 5 heterocycles. The number of hydrogen-bond acceptors (Lipinski definition) is 21. The first-order valence-corrected chi connectivity index (χ1v) is 28.4. The second-order valence-corrected chi connectivity index (χ2v) is 22.3. The number of aromatic hydroxyl groups is 2. The molecule has 3 aliphatic rings. The molecule has 0 bridgehead atoms. The van der Waals surface area contributed by atoms with Crippen molar-refractivity contribution in [1.82, 2.24) is 45.9 Å². The van der Waals surface area contributed by atoms with Crippen LogP contribution in [0.2, 0.25) is 0 Å². The summed E-state index contributed by atoms with van der Waals surface area (Å²) < 4.78 is 38.5. The molecule has 86 heavy (non-hydrogen) atoms. The number of rotatable bonds is 29. The summed E-state index contributed by atoms with van der Waals surface area (Å²) in [6, 6.07) is 21.8. The fourth-order valence-electron chi connectivity index (χ4n) is 10.6. The van der Waals surface area contributed by atoms with Gasteiger partial charge in [-0.25, -0.2) is 9.48 Å². The number of carbonyl (C=O) groups excluding carboxylic acids is 4. The van der Waals surface area contributed by atoms with E-state index in [1.807, 2.05) is 51.5 Å². The normalized spacial score (nSPS) is 19.5. The smallest absolute Gasteiger partial charge is 0.340 e. The predicted molar refractivity (Wildman–Crippen MR) is 303 cm³/mol. The Kier molecular flexibility index (Phi) is 20.4. The maximum atomic E-state index is 13.8. The van der Waals surface area contributed by atoms with E-state index in [1.54, 1.807) is 46.0 Å². The molecule has 4 aromatic carbocycles. The Morgan fingerprint density at radius 3 is 2.12 bits per heavy atom. The summed E-state index contributed by atoms with van der Waals surface area (Å²) in [7, 11) is 5.87. The topological polar surface area (TPSA) is 369 Å². The lowest BCUT2D eigenvalue weighted by Gasteiger charge is -2.40. The molecule has 3 aliphatic heterocycles. The number of amides is 3. The minimum Gasteiger partial charge on any atom is -0.508 e. The summed E-state index contributed by atoms with van der Waals surface area (Å²) in [4.78, 5) is 53.4. The van der Waals surface area contributed by atoms with Gasteiger partial charge in [0.2, 0.25) is 5.91 Å². The van der Waals surface area contributed by atoms with Crippen molar-refractivity contribution in [3.8, 4) is 23.0 Å². The first-order valence-electron chi connectivity index (χ1n) is 28.4. The van der Waals surface area contributed by atoms with E-state index in [4.69, 9.17) is 34.2 Å². The van der Waals surface area contributed by atoms with Gasteiger partial charge in [0, 0.05) is 79.0 Å². The minimum absolute atomic E-state index is 0.00125. The van der Waals surface area contributed by atoms with Gasteiger partial charge in [-0.05, 0) is 54.8 Å². The van der Waals surface area contributed by atoms with Crippen LogP contribution in [-0.4, -0.2) is 205 Å². The number of quaternary nitrogens is 1. The van der Waals surface area contributed by atoms with Gasteiger partial charge < -0.3 is 85.2 Å². The Morgan fingerprint density at radius 1 is 0.756 bits per heavy atom. The molecule has 2 aromatic heterocycles. The number of esters is 1. The summed E-state index contributed by atoms with van der Waals surface area (Å²) in [5.41, 5.74) is 8.48. The monoisotopic (exact) mass is 1190 g/mol. The molecule has 9 rings (SSSR count). The number of nitrogens with one attached hydrogen (secondary N) is 3. The number of hydrogen-bond donors (Lipinski definition) is 10. The van der Waals surface area contributed by atoms with Gasteiger partial charge in [0.15, 0.2) is 17.9 Å². The third-order valence-corrected chi connectivity index (χ3v) is 15.2. The van der Waals surface area contributed by atoms with Crippen LogP contribution in [0, 0.1) is 0 Å². The first-order chi connectivity index (χ1) is 41.3. The molecule has 1 fully saturated rings. The Labute approximate surface area is 495 Å². The lowest BCUT2D eigenvalue weighted by molar-refractivity contribution is -0.886. The molecule has 0 saturated carbocycles. The van der Waals surface area contributed by atoms with Crippen LogP contribution in [0.25, 0.3) is 0 Å².